The van der Waals surface area contributed by atoms with Crippen LogP contribution in [-0.2, 0) is 11.3 Å². The molecule has 0 radical (unpaired) electrons. The molecule has 222 valence electrons. The molecule has 0 fully saturated rings. The van der Waals surface area contributed by atoms with E-state index in [2.05, 4.69) is 120 Å². The van der Waals surface area contributed by atoms with Crippen LogP contribution in [0.3, 0.4) is 0 Å². The summed E-state index contributed by atoms with van der Waals surface area (Å²) in [5.41, 5.74) is 7.41. The Morgan fingerprint density at radius 2 is 1.33 bits per heavy atom. The number of hydrogen-bond donors (Lipinski definition) is 2. The van der Waals surface area contributed by atoms with E-state index in [1.807, 2.05) is 42.5 Å². The summed E-state index contributed by atoms with van der Waals surface area (Å²) in [7, 11) is 0. The minimum atomic E-state index is 0.166. The summed E-state index contributed by atoms with van der Waals surface area (Å²) in [6.45, 7) is 11.3. The lowest BCUT2D eigenvalue weighted by molar-refractivity contribution is 0.291. The predicted octanol–water partition coefficient (Wildman–Crippen LogP) is 8.53. The molecule has 5 aromatic carbocycles. The van der Waals surface area contributed by atoms with Crippen molar-refractivity contribution in [3.05, 3.63) is 156 Å². The molecule has 0 aliphatic rings. The Labute approximate surface area is 266 Å². The monoisotopic (exact) mass is 596 g/mol. The standard InChI is InChI=1S/C40H29N3O.CH3N/c1-3-11-35-26(2)34-22-29-23-38-33-16-8-7-14-31(33)32-15-9-10-17-36(32)43(38)37(29)24-39(34)42(35)30-20-18-27(19-21-30)25-44-40(41)28-12-5-4-6-13-28;1-2/h3-24,41H,1-2,25H2;2H,1H2/b35-11+,41-40?;. The number of nitrogens with one attached hydrogen (secondary N) is 2. The molecular formula is C41H32N4O. The minimum Gasteiger partial charge on any atom is -0.473 e. The van der Waals surface area contributed by atoms with Gasteiger partial charge in [-0.05, 0) is 72.3 Å². The van der Waals surface area contributed by atoms with Crippen molar-refractivity contribution in [3.63, 3.8) is 0 Å². The first-order chi connectivity index (χ1) is 22.6. The molecule has 0 amide bonds. The summed E-state index contributed by atoms with van der Waals surface area (Å²) < 4.78 is 10.4. The predicted molar refractivity (Wildman–Crippen MR) is 194 cm³/mol. The van der Waals surface area contributed by atoms with Crippen molar-refractivity contribution in [1.82, 2.24) is 8.97 Å². The van der Waals surface area contributed by atoms with Crippen LogP contribution in [0.4, 0.5) is 0 Å². The largest absolute Gasteiger partial charge is 0.473 e. The molecule has 0 bridgehead atoms. The molecule has 3 heterocycles. The van der Waals surface area contributed by atoms with Crippen LogP contribution >= 0.6 is 0 Å². The van der Waals surface area contributed by atoms with E-state index in [0.29, 0.717) is 6.61 Å². The highest BCUT2D eigenvalue weighted by atomic mass is 16.5. The van der Waals surface area contributed by atoms with E-state index in [-0.39, 0.29) is 5.90 Å². The zero-order valence-electron chi connectivity index (χ0n) is 25.3. The van der Waals surface area contributed by atoms with Gasteiger partial charge < -0.3 is 19.1 Å². The number of para-hydroxylation sites is 1. The average Bonchev–Trinajstić information content (AvgIpc) is 3.62. The molecule has 2 N–H and O–H groups in total. The molecule has 0 aliphatic carbocycles. The van der Waals surface area contributed by atoms with E-state index >= 15 is 0 Å². The number of aromatic nitrogens is 2. The Kier molecular flexibility index (Phi) is 7.27. The Morgan fingerprint density at radius 3 is 2.04 bits per heavy atom. The van der Waals surface area contributed by atoms with Gasteiger partial charge in [0.1, 0.15) is 6.61 Å². The lowest BCUT2D eigenvalue weighted by atomic mass is 10.1. The second kappa shape index (κ2) is 11.7. The van der Waals surface area contributed by atoms with Gasteiger partial charge in [0.15, 0.2) is 0 Å². The molecule has 0 saturated carbocycles. The first-order valence-electron chi connectivity index (χ1n) is 15.0. The maximum absolute atomic E-state index is 8.28. The van der Waals surface area contributed by atoms with Gasteiger partial charge in [0.2, 0.25) is 5.90 Å². The van der Waals surface area contributed by atoms with E-state index in [1.54, 1.807) is 0 Å². The molecule has 5 heteroatoms. The van der Waals surface area contributed by atoms with Gasteiger partial charge in [0, 0.05) is 38.0 Å². The quantitative estimate of drug-likeness (QED) is 0.117. The maximum atomic E-state index is 8.28. The molecule has 3 aromatic heterocycles. The summed E-state index contributed by atoms with van der Waals surface area (Å²) in [4.78, 5) is 0. The molecular weight excluding hydrogens is 564 g/mol. The van der Waals surface area contributed by atoms with Crippen LogP contribution in [0.1, 0.15) is 11.1 Å². The molecule has 8 aromatic rings. The summed E-state index contributed by atoms with van der Waals surface area (Å²) in [5.74, 6) is 0.166. The normalized spacial score (nSPS) is 11.7. The number of rotatable bonds is 5. The van der Waals surface area contributed by atoms with Gasteiger partial charge in [0.25, 0.3) is 0 Å². The first kappa shape index (κ1) is 28.6. The topological polar surface area (TPSA) is 66.3 Å². The third kappa shape index (κ3) is 4.57. The summed E-state index contributed by atoms with van der Waals surface area (Å²) in [5, 5.41) is 21.8. The second-order valence-electron chi connectivity index (χ2n) is 11.1. The highest BCUT2D eigenvalue weighted by molar-refractivity contribution is 6.16. The van der Waals surface area contributed by atoms with Crippen molar-refractivity contribution in [1.29, 1.82) is 10.8 Å². The van der Waals surface area contributed by atoms with Crippen LogP contribution < -0.4 is 10.6 Å². The van der Waals surface area contributed by atoms with Crippen molar-refractivity contribution in [2.24, 2.45) is 0 Å². The van der Waals surface area contributed by atoms with E-state index in [9.17, 15) is 0 Å². The molecule has 46 heavy (non-hydrogen) atoms. The number of ether oxygens (including phenoxy) is 1. The molecule has 0 atom stereocenters. The molecule has 0 saturated heterocycles. The van der Waals surface area contributed by atoms with Gasteiger partial charge in [-0.15, -0.1) is 0 Å². The van der Waals surface area contributed by atoms with Gasteiger partial charge in [-0.25, -0.2) is 0 Å². The van der Waals surface area contributed by atoms with Gasteiger partial charge in [-0.1, -0.05) is 92.0 Å². The van der Waals surface area contributed by atoms with Crippen molar-refractivity contribution in [3.8, 4) is 5.69 Å². The van der Waals surface area contributed by atoms with Crippen LogP contribution in [0.2, 0.25) is 0 Å². The summed E-state index contributed by atoms with van der Waals surface area (Å²) in [6.07, 6.45) is 3.85. The number of hydrogen-bond acceptors (Lipinski definition) is 3. The van der Waals surface area contributed by atoms with Crippen molar-refractivity contribution in [2.45, 2.75) is 6.61 Å². The minimum absolute atomic E-state index is 0.166. The zero-order valence-corrected chi connectivity index (χ0v) is 25.3. The fourth-order valence-corrected chi connectivity index (χ4v) is 6.50. The van der Waals surface area contributed by atoms with Crippen LogP contribution in [-0.4, -0.2) is 21.6 Å². The second-order valence-corrected chi connectivity index (χ2v) is 11.1. The Morgan fingerprint density at radius 1 is 0.674 bits per heavy atom. The first-order valence-corrected chi connectivity index (χ1v) is 15.0. The number of benzene rings is 5. The van der Waals surface area contributed by atoms with Gasteiger partial charge in [-0.2, -0.15) is 0 Å². The maximum Gasteiger partial charge on any atom is 0.213 e. The fraction of sp³-hybridized carbons (Fsp3) is 0.0244. The third-order valence-corrected chi connectivity index (χ3v) is 8.56. The van der Waals surface area contributed by atoms with Crippen molar-refractivity contribution < 1.29 is 4.74 Å². The number of pyridine rings is 1. The molecule has 0 spiro atoms. The van der Waals surface area contributed by atoms with Crippen LogP contribution in [0.5, 0.6) is 0 Å². The van der Waals surface area contributed by atoms with Gasteiger partial charge in [0.05, 0.1) is 27.4 Å². The third-order valence-electron chi connectivity index (χ3n) is 8.56. The van der Waals surface area contributed by atoms with Crippen LogP contribution in [0.25, 0.3) is 67.3 Å². The van der Waals surface area contributed by atoms with E-state index in [4.69, 9.17) is 15.6 Å². The van der Waals surface area contributed by atoms with Crippen molar-refractivity contribution >= 4 is 74.3 Å². The lowest BCUT2D eigenvalue weighted by Crippen LogP contribution is -2.26. The molecule has 0 aliphatic heterocycles. The Bertz CT molecular complexity index is 2560. The molecule has 0 unspecified atom stereocenters. The van der Waals surface area contributed by atoms with E-state index < -0.39 is 0 Å². The zero-order chi connectivity index (χ0) is 31.8. The SMILES string of the molecule is C=C/C=c1\c(=C)c2cc3cc4c5ccccc5c5ccccc5n4c3cc2n1-c1ccc(COC(=N)c2ccccc2)cc1.C=N. The number of allylic oxidation sites excluding steroid dienone is 1. The van der Waals surface area contributed by atoms with E-state index in [1.165, 1.54) is 32.6 Å². The number of fused-ring (bicyclic) bond motifs is 9. The van der Waals surface area contributed by atoms with Crippen LogP contribution in [0.15, 0.2) is 134 Å². The smallest absolute Gasteiger partial charge is 0.213 e. The van der Waals surface area contributed by atoms with Gasteiger partial charge >= 0.3 is 0 Å². The Hall–Kier alpha value is -6.20. The van der Waals surface area contributed by atoms with Gasteiger partial charge in [-0.3, -0.25) is 5.41 Å². The average molecular weight is 597 g/mol. The highest BCUT2D eigenvalue weighted by Gasteiger charge is 2.16. The molecule has 8 rings (SSSR count). The molecule has 5 nitrogen and oxygen atoms in total. The Balaban J connectivity index is 0.00000166. The fourth-order valence-electron chi connectivity index (χ4n) is 6.50. The summed E-state index contributed by atoms with van der Waals surface area (Å²) in [6, 6.07) is 42.0. The number of nitrogens with zero attached hydrogens (tertiary/aromatic N) is 2. The highest BCUT2D eigenvalue weighted by Crippen LogP contribution is 2.35. The van der Waals surface area contributed by atoms with Crippen LogP contribution in [0, 0.1) is 10.8 Å². The van der Waals surface area contributed by atoms with Crippen molar-refractivity contribution in [2.75, 3.05) is 0 Å². The lowest BCUT2D eigenvalue weighted by Gasteiger charge is -2.11. The van der Waals surface area contributed by atoms with E-state index in [0.717, 1.165) is 43.8 Å². The summed E-state index contributed by atoms with van der Waals surface area (Å²) >= 11 is 0.